The van der Waals surface area contributed by atoms with E-state index in [4.69, 9.17) is 0 Å². The number of hydrogen-bond acceptors (Lipinski definition) is 1. The molecule has 0 aliphatic heterocycles. The molecule has 0 fully saturated rings. The summed E-state index contributed by atoms with van der Waals surface area (Å²) in [5, 5.41) is 0. The zero-order valence-corrected chi connectivity index (χ0v) is 6.40. The molecule has 0 spiro atoms. The number of rotatable bonds is 2. The van der Waals surface area contributed by atoms with Crippen molar-refractivity contribution in [3.63, 3.8) is 0 Å². The van der Waals surface area contributed by atoms with Gasteiger partial charge in [-0.25, -0.2) is 4.39 Å². The summed E-state index contributed by atoms with van der Waals surface area (Å²) in [7, 11) is 0. The van der Waals surface area contributed by atoms with Crippen LogP contribution in [0.2, 0.25) is 0 Å². The van der Waals surface area contributed by atoms with Crippen LogP contribution in [-0.2, 0) is 4.79 Å². The number of carbonyl (C=O) groups excluding carboxylic acids is 1. The highest BCUT2D eigenvalue weighted by Gasteiger charge is 2.15. The second kappa shape index (κ2) is 3.17. The summed E-state index contributed by atoms with van der Waals surface area (Å²) in [6, 6.07) is 0. The van der Waals surface area contributed by atoms with Gasteiger partial charge in [0.15, 0.2) is 12.0 Å². The summed E-state index contributed by atoms with van der Waals surface area (Å²) >= 11 is 2.95. The molecule has 0 aliphatic carbocycles. The first-order chi connectivity index (χ1) is 3.55. The number of Topliss-reactive ketones (excluding diaryl/α,β-unsaturated/α-hetero) is 1. The lowest BCUT2D eigenvalue weighted by molar-refractivity contribution is -0.122. The number of alkyl halides is 2. The Bertz CT molecular complexity index is 80.4. The van der Waals surface area contributed by atoms with Gasteiger partial charge in [-0.1, -0.05) is 15.9 Å². The topological polar surface area (TPSA) is 17.1 Å². The number of ketones is 1. The molecular formula is C5H8BrFO. The molecule has 0 aromatic carbocycles. The molecule has 0 heterocycles. The molecule has 0 rings (SSSR count). The molecule has 0 radical (unpaired) electrons. The van der Waals surface area contributed by atoms with Gasteiger partial charge in [0.05, 0.1) is 4.83 Å². The van der Waals surface area contributed by atoms with Crippen molar-refractivity contribution in [2.24, 2.45) is 0 Å². The van der Waals surface area contributed by atoms with E-state index in [1.807, 2.05) is 0 Å². The van der Waals surface area contributed by atoms with Crippen LogP contribution in [0.5, 0.6) is 0 Å². The molecule has 2 atom stereocenters. The summed E-state index contributed by atoms with van der Waals surface area (Å²) in [6.45, 7) is 2.85. The fraction of sp³-hybridized carbons (Fsp3) is 0.800. The van der Waals surface area contributed by atoms with Crippen LogP contribution in [0.3, 0.4) is 0 Å². The van der Waals surface area contributed by atoms with Crippen LogP contribution >= 0.6 is 15.9 Å². The fourth-order valence-corrected chi connectivity index (χ4v) is 0.681. The van der Waals surface area contributed by atoms with E-state index in [0.29, 0.717) is 0 Å². The van der Waals surface area contributed by atoms with E-state index in [1.54, 1.807) is 6.92 Å². The summed E-state index contributed by atoms with van der Waals surface area (Å²) in [5.41, 5.74) is 0. The Hall–Kier alpha value is 0.0800. The van der Waals surface area contributed by atoms with Crippen LogP contribution in [0.15, 0.2) is 0 Å². The van der Waals surface area contributed by atoms with Crippen LogP contribution in [-0.4, -0.2) is 16.8 Å². The minimum atomic E-state index is -1.34. The van der Waals surface area contributed by atoms with Crippen molar-refractivity contribution in [3.8, 4) is 0 Å². The van der Waals surface area contributed by atoms with Gasteiger partial charge in [0.2, 0.25) is 0 Å². The third-order valence-electron chi connectivity index (χ3n) is 0.784. The molecule has 8 heavy (non-hydrogen) atoms. The Balaban J connectivity index is 3.65. The molecule has 0 amide bonds. The second-order valence-corrected chi connectivity index (χ2v) is 3.01. The lowest BCUT2D eigenvalue weighted by Crippen LogP contribution is -2.19. The predicted octanol–water partition coefficient (Wildman–Crippen LogP) is 1.70. The third-order valence-corrected chi connectivity index (χ3v) is 1.24. The van der Waals surface area contributed by atoms with Crippen molar-refractivity contribution in [3.05, 3.63) is 0 Å². The van der Waals surface area contributed by atoms with Gasteiger partial charge in [-0.3, -0.25) is 4.79 Å². The molecule has 0 N–H and O–H groups in total. The van der Waals surface area contributed by atoms with Gasteiger partial charge in [0.25, 0.3) is 0 Å². The maximum Gasteiger partial charge on any atom is 0.179 e. The predicted molar refractivity (Wildman–Crippen MR) is 34.0 cm³/mol. The number of carbonyl (C=O) groups is 1. The Kier molecular flexibility index (Phi) is 3.21. The molecule has 2 unspecified atom stereocenters. The van der Waals surface area contributed by atoms with Crippen molar-refractivity contribution in [1.82, 2.24) is 0 Å². The molecule has 1 nitrogen and oxygen atoms in total. The van der Waals surface area contributed by atoms with E-state index in [-0.39, 0.29) is 4.83 Å². The molecule has 3 heteroatoms. The highest BCUT2D eigenvalue weighted by molar-refractivity contribution is 9.10. The zero-order chi connectivity index (χ0) is 6.73. The third kappa shape index (κ3) is 2.40. The van der Waals surface area contributed by atoms with Gasteiger partial charge in [0, 0.05) is 0 Å². The van der Waals surface area contributed by atoms with Gasteiger partial charge in [-0.15, -0.1) is 0 Å². The normalized spacial score (nSPS) is 17.5. The maximum atomic E-state index is 12.0. The second-order valence-electron chi connectivity index (χ2n) is 1.63. The zero-order valence-electron chi connectivity index (χ0n) is 4.82. The van der Waals surface area contributed by atoms with Crippen molar-refractivity contribution in [1.29, 1.82) is 0 Å². The summed E-state index contributed by atoms with van der Waals surface area (Å²) in [4.78, 5) is 10.1. The van der Waals surface area contributed by atoms with Crippen LogP contribution in [0.4, 0.5) is 4.39 Å². The molecule has 0 aliphatic rings. The van der Waals surface area contributed by atoms with Gasteiger partial charge < -0.3 is 0 Å². The molecule has 0 saturated carbocycles. The van der Waals surface area contributed by atoms with Crippen molar-refractivity contribution < 1.29 is 9.18 Å². The minimum absolute atomic E-state index is 0.359. The molecule has 0 aromatic heterocycles. The largest absolute Gasteiger partial charge is 0.295 e. The van der Waals surface area contributed by atoms with Crippen LogP contribution in [0, 0.1) is 0 Å². The average Bonchev–Trinajstić information content (AvgIpc) is 1.64. The Morgan fingerprint density at radius 1 is 1.62 bits per heavy atom. The SMILES string of the molecule is CC(F)C(=O)C(C)Br. The molecule has 0 bridgehead atoms. The Labute approximate surface area is 56.4 Å². The standard InChI is InChI=1S/C5H8BrFO/c1-3(6)5(8)4(2)7/h3-4H,1-2H3. The van der Waals surface area contributed by atoms with Crippen molar-refractivity contribution >= 4 is 21.7 Å². The van der Waals surface area contributed by atoms with E-state index in [1.165, 1.54) is 6.92 Å². The highest BCUT2D eigenvalue weighted by Crippen LogP contribution is 2.04. The lowest BCUT2D eigenvalue weighted by Gasteiger charge is -2.00. The van der Waals surface area contributed by atoms with E-state index in [0.717, 1.165) is 0 Å². The van der Waals surface area contributed by atoms with Crippen LogP contribution < -0.4 is 0 Å². The first-order valence-electron chi connectivity index (χ1n) is 2.37. The van der Waals surface area contributed by atoms with E-state index in [9.17, 15) is 9.18 Å². The van der Waals surface area contributed by atoms with E-state index in [2.05, 4.69) is 15.9 Å². The first kappa shape index (κ1) is 8.08. The molecule has 48 valence electrons. The molecular weight excluding hydrogens is 175 g/mol. The number of hydrogen-bond donors (Lipinski definition) is 0. The van der Waals surface area contributed by atoms with E-state index < -0.39 is 12.0 Å². The quantitative estimate of drug-likeness (QED) is 0.595. The highest BCUT2D eigenvalue weighted by atomic mass is 79.9. The van der Waals surface area contributed by atoms with Crippen LogP contribution in [0.25, 0.3) is 0 Å². The van der Waals surface area contributed by atoms with Gasteiger partial charge >= 0.3 is 0 Å². The van der Waals surface area contributed by atoms with Crippen molar-refractivity contribution in [2.45, 2.75) is 24.8 Å². The smallest absolute Gasteiger partial charge is 0.179 e. The minimum Gasteiger partial charge on any atom is -0.295 e. The Morgan fingerprint density at radius 2 is 2.00 bits per heavy atom. The van der Waals surface area contributed by atoms with Gasteiger partial charge in [-0.05, 0) is 13.8 Å². The Morgan fingerprint density at radius 3 is 2.00 bits per heavy atom. The van der Waals surface area contributed by atoms with E-state index >= 15 is 0 Å². The lowest BCUT2D eigenvalue weighted by atomic mass is 10.2. The van der Waals surface area contributed by atoms with Crippen LogP contribution in [0.1, 0.15) is 13.8 Å². The van der Waals surface area contributed by atoms with Gasteiger partial charge in [0.1, 0.15) is 0 Å². The fourth-order valence-electron chi connectivity index (χ4n) is 0.316. The first-order valence-corrected chi connectivity index (χ1v) is 3.29. The monoisotopic (exact) mass is 182 g/mol. The summed E-state index contributed by atoms with van der Waals surface area (Å²) in [6.07, 6.45) is -1.34. The average molecular weight is 183 g/mol. The summed E-state index contributed by atoms with van der Waals surface area (Å²) < 4.78 is 12.0. The number of halogens is 2. The van der Waals surface area contributed by atoms with Crippen molar-refractivity contribution in [2.75, 3.05) is 0 Å². The molecule has 0 saturated heterocycles. The summed E-state index contributed by atoms with van der Waals surface area (Å²) in [5.74, 6) is -0.398. The molecule has 0 aromatic rings. The van der Waals surface area contributed by atoms with Gasteiger partial charge in [-0.2, -0.15) is 0 Å². The maximum absolute atomic E-state index is 12.0.